The number of carbonyl (C=O) groups is 1. The summed E-state index contributed by atoms with van der Waals surface area (Å²) in [6.45, 7) is 3.66. The Bertz CT molecular complexity index is 623. The van der Waals surface area contributed by atoms with E-state index in [2.05, 4.69) is 15.2 Å². The van der Waals surface area contributed by atoms with Crippen LogP contribution in [0.1, 0.15) is 6.92 Å². The Kier molecular flexibility index (Phi) is 10.3. The molecule has 3 N–H and O–H groups in total. The monoisotopic (exact) mass is 413 g/mol. The van der Waals surface area contributed by atoms with Crippen LogP contribution >= 0.6 is 24.8 Å². The van der Waals surface area contributed by atoms with Crippen LogP contribution in [0.15, 0.2) is 24.4 Å². The lowest BCUT2D eigenvalue weighted by molar-refractivity contribution is -0.121. The zero-order chi connectivity index (χ0) is 16.9. The van der Waals surface area contributed by atoms with Crippen LogP contribution in [-0.2, 0) is 14.8 Å². The van der Waals surface area contributed by atoms with Gasteiger partial charge in [0.05, 0.1) is 11.8 Å². The minimum Gasteiger partial charge on any atom is -0.354 e. The van der Waals surface area contributed by atoms with Gasteiger partial charge in [0.15, 0.2) is 0 Å². The summed E-state index contributed by atoms with van der Waals surface area (Å²) in [7, 11) is -3.38. The second-order valence-corrected chi connectivity index (χ2v) is 7.56. The third-order valence-electron chi connectivity index (χ3n) is 3.68. The Morgan fingerprint density at radius 2 is 1.92 bits per heavy atom. The molecule has 1 aliphatic heterocycles. The van der Waals surface area contributed by atoms with Crippen LogP contribution in [0.2, 0.25) is 0 Å². The average Bonchev–Trinajstić information content (AvgIpc) is 2.55. The maximum Gasteiger partial charge on any atom is 0.236 e. The van der Waals surface area contributed by atoms with E-state index in [1.165, 1.54) is 4.31 Å². The minimum absolute atomic E-state index is 0. The van der Waals surface area contributed by atoms with Gasteiger partial charge in [0.1, 0.15) is 5.82 Å². The fraction of sp³-hybridized carbons (Fsp3) is 0.571. The largest absolute Gasteiger partial charge is 0.354 e. The SMILES string of the molecule is C[C@@H](N)C(=O)NCCS(=O)(=O)N1CCN(c2ccccn2)CC1.Cl.Cl. The van der Waals surface area contributed by atoms with Gasteiger partial charge < -0.3 is 16.0 Å². The molecule has 0 bridgehead atoms. The number of piperazine rings is 1. The number of hydrogen-bond acceptors (Lipinski definition) is 6. The molecule has 0 unspecified atom stereocenters. The normalized spacial score (nSPS) is 16.3. The number of nitrogens with one attached hydrogen (secondary N) is 1. The topological polar surface area (TPSA) is 109 Å². The Morgan fingerprint density at radius 3 is 2.44 bits per heavy atom. The Balaban J connectivity index is 0.00000288. The predicted molar refractivity (Wildman–Crippen MR) is 103 cm³/mol. The number of rotatable bonds is 6. The van der Waals surface area contributed by atoms with E-state index in [9.17, 15) is 13.2 Å². The molecule has 1 atom stereocenters. The first-order chi connectivity index (χ1) is 10.9. The summed E-state index contributed by atoms with van der Waals surface area (Å²) in [6.07, 6.45) is 1.72. The van der Waals surface area contributed by atoms with Gasteiger partial charge in [-0.2, -0.15) is 4.31 Å². The van der Waals surface area contributed by atoms with Crippen LogP contribution in [0.4, 0.5) is 5.82 Å². The summed E-state index contributed by atoms with van der Waals surface area (Å²) in [5, 5.41) is 2.52. The average molecular weight is 414 g/mol. The molecule has 0 aromatic carbocycles. The van der Waals surface area contributed by atoms with Gasteiger partial charge >= 0.3 is 0 Å². The van der Waals surface area contributed by atoms with Gasteiger partial charge in [0, 0.05) is 38.9 Å². The first kappa shape index (κ1) is 23.9. The second-order valence-electron chi connectivity index (χ2n) is 5.47. The van der Waals surface area contributed by atoms with Gasteiger partial charge in [0.25, 0.3) is 0 Å². The van der Waals surface area contributed by atoms with Crippen LogP contribution in [-0.4, -0.2) is 68.1 Å². The molecule has 2 rings (SSSR count). The summed E-state index contributed by atoms with van der Waals surface area (Å²) in [4.78, 5) is 17.7. The van der Waals surface area contributed by atoms with Crippen molar-refractivity contribution in [1.82, 2.24) is 14.6 Å². The van der Waals surface area contributed by atoms with Crippen LogP contribution in [0.3, 0.4) is 0 Å². The van der Waals surface area contributed by atoms with Crippen LogP contribution in [0, 0.1) is 0 Å². The Hall–Kier alpha value is -1.13. The highest BCUT2D eigenvalue weighted by Gasteiger charge is 2.27. The molecular weight excluding hydrogens is 389 g/mol. The molecule has 0 radical (unpaired) electrons. The predicted octanol–water partition coefficient (Wildman–Crippen LogP) is -0.160. The number of sulfonamides is 1. The summed E-state index contributed by atoms with van der Waals surface area (Å²) >= 11 is 0. The van der Waals surface area contributed by atoms with Crippen molar-refractivity contribution in [2.75, 3.05) is 43.4 Å². The molecule has 0 saturated carbocycles. The van der Waals surface area contributed by atoms with E-state index >= 15 is 0 Å². The van der Waals surface area contributed by atoms with Crippen molar-refractivity contribution in [2.45, 2.75) is 13.0 Å². The van der Waals surface area contributed by atoms with E-state index in [1.807, 2.05) is 18.2 Å². The lowest BCUT2D eigenvalue weighted by atomic mass is 10.3. The lowest BCUT2D eigenvalue weighted by Gasteiger charge is -2.34. The van der Waals surface area contributed by atoms with Crippen LogP contribution in [0.5, 0.6) is 0 Å². The zero-order valence-corrected chi connectivity index (χ0v) is 16.4. The summed E-state index contributed by atoms with van der Waals surface area (Å²) in [6, 6.07) is 5.03. The van der Waals surface area contributed by atoms with Gasteiger partial charge in [-0.1, -0.05) is 6.07 Å². The molecule has 1 amide bonds. The highest BCUT2D eigenvalue weighted by atomic mass is 35.5. The van der Waals surface area contributed by atoms with E-state index in [-0.39, 0.29) is 43.0 Å². The highest BCUT2D eigenvalue weighted by Crippen LogP contribution is 2.14. The third kappa shape index (κ3) is 6.95. The molecular formula is C14H25Cl2N5O3S. The fourth-order valence-electron chi connectivity index (χ4n) is 2.33. The van der Waals surface area contributed by atoms with Gasteiger partial charge in [-0.15, -0.1) is 24.8 Å². The van der Waals surface area contributed by atoms with Crippen molar-refractivity contribution in [3.63, 3.8) is 0 Å². The van der Waals surface area contributed by atoms with Crippen molar-refractivity contribution in [2.24, 2.45) is 5.73 Å². The van der Waals surface area contributed by atoms with Crippen LogP contribution < -0.4 is 16.0 Å². The number of carbonyl (C=O) groups excluding carboxylic acids is 1. The number of nitrogens with two attached hydrogens (primary N) is 1. The van der Waals surface area contributed by atoms with Crippen molar-refractivity contribution in [3.8, 4) is 0 Å². The number of nitrogens with zero attached hydrogens (tertiary/aromatic N) is 3. The Morgan fingerprint density at radius 1 is 1.28 bits per heavy atom. The van der Waals surface area contributed by atoms with E-state index in [0.29, 0.717) is 26.2 Å². The number of hydrogen-bond donors (Lipinski definition) is 2. The van der Waals surface area contributed by atoms with E-state index in [1.54, 1.807) is 13.1 Å². The summed E-state index contributed by atoms with van der Waals surface area (Å²) in [5.74, 6) is 0.392. The molecule has 1 aliphatic rings. The molecule has 1 saturated heterocycles. The molecule has 1 fully saturated rings. The molecule has 11 heteroatoms. The van der Waals surface area contributed by atoms with Crippen molar-refractivity contribution >= 4 is 46.6 Å². The van der Waals surface area contributed by atoms with Crippen LogP contribution in [0.25, 0.3) is 0 Å². The highest BCUT2D eigenvalue weighted by molar-refractivity contribution is 7.89. The van der Waals surface area contributed by atoms with Gasteiger partial charge in [-0.05, 0) is 19.1 Å². The maximum absolute atomic E-state index is 12.3. The fourth-order valence-corrected chi connectivity index (χ4v) is 3.67. The number of anilines is 1. The molecule has 1 aromatic rings. The molecule has 0 aliphatic carbocycles. The molecule has 1 aromatic heterocycles. The standard InChI is InChI=1S/C14H23N5O3S.2ClH/c1-12(15)14(20)17-6-11-23(21,22)19-9-7-18(8-10-19)13-4-2-3-5-16-13;;/h2-5,12H,6-11,15H2,1H3,(H,17,20);2*1H/t12-;;/m1../s1. The van der Waals surface area contributed by atoms with E-state index in [0.717, 1.165) is 5.82 Å². The van der Waals surface area contributed by atoms with E-state index in [4.69, 9.17) is 5.73 Å². The third-order valence-corrected chi connectivity index (χ3v) is 5.55. The smallest absolute Gasteiger partial charge is 0.236 e. The lowest BCUT2D eigenvalue weighted by Crippen LogP contribution is -2.50. The molecule has 8 nitrogen and oxygen atoms in total. The van der Waals surface area contributed by atoms with Gasteiger partial charge in [-0.3, -0.25) is 4.79 Å². The molecule has 144 valence electrons. The summed E-state index contributed by atoms with van der Waals surface area (Å²) in [5.41, 5.74) is 5.42. The van der Waals surface area contributed by atoms with Gasteiger partial charge in [0.2, 0.25) is 15.9 Å². The number of amides is 1. The van der Waals surface area contributed by atoms with Crippen molar-refractivity contribution < 1.29 is 13.2 Å². The number of pyridine rings is 1. The first-order valence-corrected chi connectivity index (χ1v) is 9.18. The maximum atomic E-state index is 12.3. The summed E-state index contributed by atoms with van der Waals surface area (Å²) < 4.78 is 26.0. The quantitative estimate of drug-likeness (QED) is 0.670. The van der Waals surface area contributed by atoms with Crippen molar-refractivity contribution in [1.29, 1.82) is 0 Å². The van der Waals surface area contributed by atoms with Gasteiger partial charge in [-0.25, -0.2) is 13.4 Å². The minimum atomic E-state index is -3.38. The molecule has 25 heavy (non-hydrogen) atoms. The number of halogens is 2. The second kappa shape index (κ2) is 10.8. The molecule has 2 heterocycles. The van der Waals surface area contributed by atoms with Crippen molar-refractivity contribution in [3.05, 3.63) is 24.4 Å². The molecule has 0 spiro atoms. The first-order valence-electron chi connectivity index (χ1n) is 7.57. The number of aromatic nitrogens is 1. The zero-order valence-electron chi connectivity index (χ0n) is 14.0. The Labute approximate surface area is 161 Å². The van der Waals surface area contributed by atoms with E-state index < -0.39 is 16.1 Å².